The van der Waals surface area contributed by atoms with E-state index in [-0.39, 0.29) is 31.8 Å². The van der Waals surface area contributed by atoms with Crippen LogP contribution >= 0.6 is 0 Å². The third-order valence-corrected chi connectivity index (χ3v) is 5.29. The molecule has 4 rings (SSSR count). The van der Waals surface area contributed by atoms with Gasteiger partial charge in [0.25, 0.3) is 0 Å². The molecule has 0 radical (unpaired) electrons. The number of hydrogen-bond donors (Lipinski definition) is 2. The van der Waals surface area contributed by atoms with Crippen LogP contribution in [0.1, 0.15) is 37.9 Å². The van der Waals surface area contributed by atoms with Gasteiger partial charge in [-0.2, -0.15) is 0 Å². The summed E-state index contributed by atoms with van der Waals surface area (Å²) < 4.78 is 20.0. The highest BCUT2D eigenvalue weighted by atomic mass is 19.1. The lowest BCUT2D eigenvalue weighted by molar-refractivity contribution is 0.00948. The minimum Gasteiger partial charge on any atom is -0.365 e. The van der Waals surface area contributed by atoms with Gasteiger partial charge in [0.05, 0.1) is 24.1 Å². The number of carbonyl (C=O) groups is 1. The van der Waals surface area contributed by atoms with Gasteiger partial charge in [0.2, 0.25) is 0 Å². The average Bonchev–Trinajstić information content (AvgIpc) is 3.23. The number of para-hydroxylation sites is 2. The van der Waals surface area contributed by atoms with Crippen LogP contribution in [0, 0.1) is 0 Å². The SMILES string of the molecule is O=C(NC1CCCCC1)N1CC(F)C(OCc2nc3ccccc3[nH]2)C1. The minimum atomic E-state index is -1.17. The Hall–Kier alpha value is -2.15. The maximum absolute atomic E-state index is 14.3. The van der Waals surface area contributed by atoms with Gasteiger partial charge in [-0.1, -0.05) is 31.4 Å². The summed E-state index contributed by atoms with van der Waals surface area (Å²) in [6.45, 7) is 0.571. The Morgan fingerprint density at radius 2 is 2.08 bits per heavy atom. The van der Waals surface area contributed by atoms with Gasteiger partial charge in [-0.15, -0.1) is 0 Å². The molecule has 2 aromatic rings. The second-order valence-corrected chi connectivity index (χ2v) is 7.26. The van der Waals surface area contributed by atoms with Crippen LogP contribution in [0.2, 0.25) is 0 Å². The molecule has 140 valence electrons. The van der Waals surface area contributed by atoms with E-state index in [1.54, 1.807) is 0 Å². The van der Waals surface area contributed by atoms with Crippen LogP contribution in [0.25, 0.3) is 11.0 Å². The Balaban J connectivity index is 1.29. The lowest BCUT2D eigenvalue weighted by atomic mass is 9.96. The number of aromatic amines is 1. The number of carbonyl (C=O) groups excluding carboxylic acids is 1. The summed E-state index contributed by atoms with van der Waals surface area (Å²) >= 11 is 0. The van der Waals surface area contributed by atoms with Crippen molar-refractivity contribution in [2.45, 2.75) is 57.0 Å². The number of likely N-dealkylation sites (tertiary alicyclic amines) is 1. The topological polar surface area (TPSA) is 70.2 Å². The number of ether oxygens (including phenoxy) is 1. The first-order chi connectivity index (χ1) is 12.7. The van der Waals surface area contributed by atoms with E-state index in [1.807, 2.05) is 24.3 Å². The molecule has 7 heteroatoms. The smallest absolute Gasteiger partial charge is 0.317 e. The molecule has 2 N–H and O–H groups in total. The molecule has 6 nitrogen and oxygen atoms in total. The molecule has 1 aromatic carbocycles. The number of hydrogen-bond acceptors (Lipinski definition) is 3. The third-order valence-electron chi connectivity index (χ3n) is 5.29. The number of imidazole rings is 1. The first-order valence-corrected chi connectivity index (χ1v) is 9.44. The molecule has 2 atom stereocenters. The molecule has 2 amide bonds. The predicted molar refractivity (Wildman–Crippen MR) is 96.5 cm³/mol. The Morgan fingerprint density at radius 1 is 1.27 bits per heavy atom. The fraction of sp³-hybridized carbons (Fsp3) is 0.579. The van der Waals surface area contributed by atoms with Crippen LogP contribution in [0.15, 0.2) is 24.3 Å². The van der Waals surface area contributed by atoms with Crippen molar-refractivity contribution in [3.05, 3.63) is 30.1 Å². The normalized spacial score (nSPS) is 24.3. The molecule has 1 saturated carbocycles. The van der Waals surface area contributed by atoms with E-state index in [0.29, 0.717) is 5.82 Å². The largest absolute Gasteiger partial charge is 0.365 e. The van der Waals surface area contributed by atoms with Crippen LogP contribution in [-0.2, 0) is 11.3 Å². The zero-order valence-corrected chi connectivity index (χ0v) is 14.8. The zero-order chi connectivity index (χ0) is 17.9. The molecule has 1 saturated heterocycles. The van der Waals surface area contributed by atoms with E-state index in [2.05, 4.69) is 15.3 Å². The summed E-state index contributed by atoms with van der Waals surface area (Å²) in [6, 6.07) is 7.77. The average molecular weight is 360 g/mol. The number of nitrogens with zero attached hydrogens (tertiary/aromatic N) is 2. The van der Waals surface area contributed by atoms with Crippen LogP contribution < -0.4 is 5.32 Å². The van der Waals surface area contributed by atoms with Gasteiger partial charge in [-0.3, -0.25) is 0 Å². The van der Waals surface area contributed by atoms with Crippen molar-refractivity contribution in [1.82, 2.24) is 20.2 Å². The summed E-state index contributed by atoms with van der Waals surface area (Å²) in [5.74, 6) is 0.670. The van der Waals surface area contributed by atoms with Gasteiger partial charge in [0.1, 0.15) is 24.7 Å². The van der Waals surface area contributed by atoms with Gasteiger partial charge in [0, 0.05) is 6.04 Å². The van der Waals surface area contributed by atoms with E-state index in [1.165, 1.54) is 11.3 Å². The molecule has 0 bridgehead atoms. The van der Waals surface area contributed by atoms with Crippen molar-refractivity contribution in [3.63, 3.8) is 0 Å². The number of alkyl halides is 1. The van der Waals surface area contributed by atoms with Crippen LogP contribution in [0.3, 0.4) is 0 Å². The Morgan fingerprint density at radius 3 is 2.88 bits per heavy atom. The molecule has 2 fully saturated rings. The Kier molecular flexibility index (Phi) is 5.06. The Bertz CT molecular complexity index is 726. The lowest BCUT2D eigenvalue weighted by Crippen LogP contribution is -2.45. The lowest BCUT2D eigenvalue weighted by Gasteiger charge is -2.25. The molecule has 1 aliphatic carbocycles. The molecule has 0 spiro atoms. The molecule has 1 aliphatic heterocycles. The number of fused-ring (bicyclic) bond motifs is 1. The van der Waals surface area contributed by atoms with Crippen LogP contribution in [0.4, 0.5) is 9.18 Å². The van der Waals surface area contributed by atoms with Gasteiger partial charge < -0.3 is 19.9 Å². The highest BCUT2D eigenvalue weighted by Gasteiger charge is 2.37. The molecule has 1 aromatic heterocycles. The van der Waals surface area contributed by atoms with Gasteiger partial charge in [-0.25, -0.2) is 14.2 Å². The second kappa shape index (κ2) is 7.61. The summed E-state index contributed by atoms with van der Waals surface area (Å²) in [4.78, 5) is 21.5. The Labute approximate surface area is 152 Å². The fourth-order valence-corrected chi connectivity index (χ4v) is 3.83. The summed E-state index contributed by atoms with van der Waals surface area (Å²) in [6.07, 6.45) is 3.80. The number of aromatic nitrogens is 2. The number of amides is 2. The summed E-state index contributed by atoms with van der Waals surface area (Å²) in [5, 5.41) is 3.04. The van der Waals surface area contributed by atoms with Crippen molar-refractivity contribution < 1.29 is 13.9 Å². The van der Waals surface area contributed by atoms with E-state index < -0.39 is 12.3 Å². The highest BCUT2D eigenvalue weighted by Crippen LogP contribution is 2.21. The molecule has 26 heavy (non-hydrogen) atoms. The standard InChI is InChI=1S/C19H25FN4O2/c20-14-10-24(19(25)21-13-6-2-1-3-7-13)11-17(14)26-12-18-22-15-8-4-5-9-16(15)23-18/h4-5,8-9,13-14,17H,1-3,6-7,10-12H2,(H,21,25)(H,22,23). The van der Waals surface area contributed by atoms with Gasteiger partial charge in [0.15, 0.2) is 0 Å². The number of rotatable bonds is 4. The van der Waals surface area contributed by atoms with E-state index in [0.717, 1.165) is 36.7 Å². The number of urea groups is 1. The molecular formula is C19H25FN4O2. The quantitative estimate of drug-likeness (QED) is 0.880. The first-order valence-electron chi connectivity index (χ1n) is 9.44. The maximum atomic E-state index is 14.3. The van der Waals surface area contributed by atoms with Crippen molar-refractivity contribution in [2.75, 3.05) is 13.1 Å². The molecule has 2 unspecified atom stereocenters. The van der Waals surface area contributed by atoms with Crippen molar-refractivity contribution in [1.29, 1.82) is 0 Å². The van der Waals surface area contributed by atoms with E-state index >= 15 is 0 Å². The summed E-state index contributed by atoms with van der Waals surface area (Å²) in [7, 11) is 0. The van der Waals surface area contributed by atoms with Crippen molar-refractivity contribution in [2.24, 2.45) is 0 Å². The predicted octanol–water partition coefficient (Wildman–Crippen LogP) is 3.14. The van der Waals surface area contributed by atoms with E-state index in [9.17, 15) is 9.18 Å². The number of benzene rings is 1. The number of H-pyrrole nitrogens is 1. The van der Waals surface area contributed by atoms with Gasteiger partial charge in [-0.05, 0) is 25.0 Å². The fourth-order valence-electron chi connectivity index (χ4n) is 3.83. The zero-order valence-electron chi connectivity index (χ0n) is 14.8. The monoisotopic (exact) mass is 360 g/mol. The van der Waals surface area contributed by atoms with Crippen LogP contribution in [-0.4, -0.2) is 52.3 Å². The van der Waals surface area contributed by atoms with Gasteiger partial charge >= 0.3 is 6.03 Å². The van der Waals surface area contributed by atoms with E-state index in [4.69, 9.17) is 4.74 Å². The third kappa shape index (κ3) is 3.82. The minimum absolute atomic E-state index is 0.0867. The summed E-state index contributed by atoms with van der Waals surface area (Å²) in [5.41, 5.74) is 1.80. The molecule has 2 heterocycles. The highest BCUT2D eigenvalue weighted by molar-refractivity contribution is 5.75. The second-order valence-electron chi connectivity index (χ2n) is 7.26. The first kappa shape index (κ1) is 17.3. The number of halogens is 1. The molecule has 2 aliphatic rings. The van der Waals surface area contributed by atoms with Crippen molar-refractivity contribution >= 4 is 17.1 Å². The van der Waals surface area contributed by atoms with Crippen LogP contribution in [0.5, 0.6) is 0 Å². The molecular weight excluding hydrogens is 335 g/mol. The number of nitrogens with one attached hydrogen (secondary N) is 2. The maximum Gasteiger partial charge on any atom is 0.317 e. The van der Waals surface area contributed by atoms with Crippen molar-refractivity contribution in [3.8, 4) is 0 Å².